The van der Waals surface area contributed by atoms with Gasteiger partial charge in [-0.15, -0.1) is 0 Å². The standard InChI is InChI=1S/Cu.Fe.La.5O.Sr/q+2;2*+3;5*-2;+2. The summed E-state index contributed by atoms with van der Waals surface area (Å²) >= 11 is 0. The summed E-state index contributed by atoms with van der Waals surface area (Å²) in [7, 11) is 0. The third kappa shape index (κ3) is 84.4. The monoisotopic (exact) mass is 426 g/mol. The van der Waals surface area contributed by atoms with E-state index < -0.39 is 0 Å². The van der Waals surface area contributed by atoms with Crippen LogP contribution in [0.5, 0.6) is 0 Å². The van der Waals surface area contributed by atoms with Crippen LogP contribution in [0.1, 0.15) is 0 Å². The maximum atomic E-state index is 0. The Hall–Kier alpha value is 3.51. The second-order valence-corrected chi connectivity index (χ2v) is 0. The van der Waals surface area contributed by atoms with E-state index in [1.54, 1.807) is 0 Å². The molecule has 0 spiro atoms. The van der Waals surface area contributed by atoms with Gasteiger partial charge >= 0.3 is 115 Å². The molecule has 2 radical (unpaired) electrons. The summed E-state index contributed by atoms with van der Waals surface area (Å²) in [5.41, 5.74) is 0. The molecule has 0 saturated carbocycles. The van der Waals surface area contributed by atoms with Crippen LogP contribution in [-0.2, 0) is 61.5 Å². The fourth-order valence-electron chi connectivity index (χ4n) is 0. The van der Waals surface area contributed by atoms with E-state index in [0.717, 1.165) is 0 Å². The van der Waals surface area contributed by atoms with Crippen molar-refractivity contribution in [3.63, 3.8) is 0 Å². The Morgan fingerprint density at radius 2 is 0.556 bits per heavy atom. The Morgan fingerprint density at radius 3 is 0.556 bits per heavy atom. The summed E-state index contributed by atoms with van der Waals surface area (Å²) < 4.78 is 0. The zero-order valence-electron chi connectivity index (χ0n) is 3.98. The minimum Gasteiger partial charge on any atom is -2.00 e. The first-order chi connectivity index (χ1) is 0. The molecule has 54 valence electrons. The van der Waals surface area contributed by atoms with Crippen LogP contribution in [0.15, 0.2) is 0 Å². The molecule has 0 bridgehead atoms. The first kappa shape index (κ1) is 134. The number of hydrogen-bond acceptors (Lipinski definition) is 0. The van der Waals surface area contributed by atoms with Gasteiger partial charge in [-0.25, -0.2) is 0 Å². The normalized spacial score (nSPS) is 0. The summed E-state index contributed by atoms with van der Waals surface area (Å²) in [6.45, 7) is 0. The molecule has 0 amide bonds. The van der Waals surface area contributed by atoms with Crippen molar-refractivity contribution in [2.24, 2.45) is 0 Å². The Bertz CT molecular complexity index is 16.9. The quantitative estimate of drug-likeness (QED) is 0.440. The van der Waals surface area contributed by atoms with Gasteiger partial charge in [-0.05, 0) is 0 Å². The topological polar surface area (TPSA) is 142 Å². The van der Waals surface area contributed by atoms with E-state index in [1.165, 1.54) is 0 Å². The van der Waals surface area contributed by atoms with Gasteiger partial charge in [-0.2, -0.15) is 0 Å². The van der Waals surface area contributed by atoms with E-state index in [1.807, 2.05) is 0 Å². The summed E-state index contributed by atoms with van der Waals surface area (Å²) in [6, 6.07) is 0. The van der Waals surface area contributed by atoms with Crippen molar-refractivity contribution in [2.75, 3.05) is 0 Å². The fourth-order valence-corrected chi connectivity index (χ4v) is 0. The predicted molar refractivity (Wildman–Crippen MR) is 9.19 cm³/mol. The smallest absolute Gasteiger partial charge is 2.00 e. The number of rotatable bonds is 0. The zero-order valence-corrected chi connectivity index (χ0v) is 13.1. The number of hydrogen-bond donors (Lipinski definition) is 0. The van der Waals surface area contributed by atoms with Gasteiger partial charge in [0, 0.05) is 0 Å². The van der Waals surface area contributed by atoms with Crippen molar-refractivity contribution in [2.45, 2.75) is 0 Å². The molecular weight excluding hydrogens is 426 g/mol. The molecule has 0 heterocycles. The van der Waals surface area contributed by atoms with Crippen molar-refractivity contribution >= 4 is 45.5 Å². The molecule has 0 fully saturated rings. The summed E-state index contributed by atoms with van der Waals surface area (Å²) in [5, 5.41) is 0. The van der Waals surface area contributed by atoms with E-state index in [0.29, 0.717) is 0 Å². The molecule has 9 heteroatoms. The van der Waals surface area contributed by atoms with E-state index >= 15 is 0 Å². The maximum Gasteiger partial charge on any atom is 3.00 e. The maximum absolute atomic E-state index is 0. The van der Waals surface area contributed by atoms with Crippen LogP contribution >= 0.6 is 0 Å². The van der Waals surface area contributed by atoms with Gasteiger partial charge in [0.2, 0.25) is 0 Å². The minimum atomic E-state index is 0. The third-order valence-corrected chi connectivity index (χ3v) is 0. The van der Waals surface area contributed by atoms with Gasteiger partial charge in [0.1, 0.15) is 0 Å². The van der Waals surface area contributed by atoms with Gasteiger partial charge in [0.15, 0.2) is 0 Å². The first-order valence-corrected chi connectivity index (χ1v) is 0. The van der Waals surface area contributed by atoms with Crippen molar-refractivity contribution in [3.8, 4) is 0 Å². The van der Waals surface area contributed by atoms with Gasteiger partial charge in [0.05, 0.1) is 0 Å². The Labute approximate surface area is 139 Å². The predicted octanol–water partition coefficient (Wildman–Crippen LogP) is -0.980. The van der Waals surface area contributed by atoms with Crippen LogP contribution in [0.25, 0.3) is 0 Å². The van der Waals surface area contributed by atoms with Crippen LogP contribution in [0.4, 0.5) is 0 Å². The molecule has 0 atom stereocenters. The van der Waals surface area contributed by atoms with Crippen LogP contribution in [0.3, 0.4) is 0 Å². The van der Waals surface area contributed by atoms with Crippen molar-refractivity contribution < 1.29 is 97.1 Å². The van der Waals surface area contributed by atoms with E-state index in [9.17, 15) is 0 Å². The molecule has 9 heavy (non-hydrogen) atoms. The molecule has 0 aliphatic carbocycles. The average Bonchev–Trinajstić information content (AvgIpc) is 0. The first-order valence-electron chi connectivity index (χ1n) is 0. The van der Waals surface area contributed by atoms with E-state index in [4.69, 9.17) is 0 Å². The molecule has 0 aromatic heterocycles. The van der Waals surface area contributed by atoms with Crippen molar-refractivity contribution in [1.29, 1.82) is 0 Å². The fraction of sp³-hybridized carbons (Fsp3) is 0. The average molecular weight is 426 g/mol. The van der Waals surface area contributed by atoms with Crippen molar-refractivity contribution in [1.82, 2.24) is 0 Å². The van der Waals surface area contributed by atoms with Crippen LogP contribution in [0.2, 0.25) is 0 Å². The molecule has 0 saturated heterocycles. The Kier molecular flexibility index (Phi) is 1540. The SMILES string of the molecule is [Cu+2].[Fe+3].[La+3].[O-2].[O-2].[O-2].[O-2].[O-2].[Sr+2]. The Morgan fingerprint density at radius 1 is 0.556 bits per heavy atom. The second kappa shape index (κ2) is 103. The molecule has 0 rings (SSSR count). The minimum absolute atomic E-state index is 0. The van der Waals surface area contributed by atoms with E-state index in [2.05, 4.69) is 0 Å². The molecule has 0 aliphatic rings. The van der Waals surface area contributed by atoms with Crippen LogP contribution in [-0.4, -0.2) is 45.5 Å². The van der Waals surface area contributed by atoms with Gasteiger partial charge < -0.3 is 27.4 Å². The van der Waals surface area contributed by atoms with Crippen LogP contribution in [0, 0.1) is 35.6 Å². The van der Waals surface area contributed by atoms with E-state index in [-0.39, 0.29) is 143 Å². The largest absolute Gasteiger partial charge is 3.00 e. The third-order valence-electron chi connectivity index (χ3n) is 0. The molecule has 0 aromatic rings. The second-order valence-electron chi connectivity index (χ2n) is 0. The summed E-state index contributed by atoms with van der Waals surface area (Å²) in [4.78, 5) is 0. The Balaban J connectivity index is 0. The van der Waals surface area contributed by atoms with Gasteiger partial charge in [0.25, 0.3) is 0 Å². The molecule has 0 N–H and O–H groups in total. The summed E-state index contributed by atoms with van der Waals surface area (Å²) in [5.74, 6) is 0. The zero-order chi connectivity index (χ0) is 0. The van der Waals surface area contributed by atoms with Crippen LogP contribution < -0.4 is 0 Å². The van der Waals surface area contributed by atoms with Crippen molar-refractivity contribution in [3.05, 3.63) is 0 Å². The van der Waals surface area contributed by atoms with Gasteiger partial charge in [-0.1, -0.05) is 0 Å². The summed E-state index contributed by atoms with van der Waals surface area (Å²) in [6.07, 6.45) is 0. The molecule has 0 aliphatic heterocycles. The molecule has 0 unspecified atom stereocenters. The molecule has 5 nitrogen and oxygen atoms in total. The van der Waals surface area contributed by atoms with Gasteiger partial charge in [-0.3, -0.25) is 0 Å². The molecular formula is CuFeLaO5Sr. The molecule has 0 aromatic carbocycles.